The van der Waals surface area contributed by atoms with Gasteiger partial charge in [0.25, 0.3) is 5.91 Å². The van der Waals surface area contributed by atoms with Crippen LogP contribution in [0, 0.1) is 23.3 Å². The van der Waals surface area contributed by atoms with Gasteiger partial charge in [0, 0.05) is 32.1 Å². The summed E-state index contributed by atoms with van der Waals surface area (Å²) in [5.41, 5.74) is 1.94. The van der Waals surface area contributed by atoms with Crippen LogP contribution in [0.15, 0.2) is 93.2 Å². The fraction of sp³-hybridized carbons (Fsp3) is 0.0968. The Morgan fingerprint density at radius 3 is 1.48 bits per heavy atom. The van der Waals surface area contributed by atoms with Gasteiger partial charge in [0.1, 0.15) is 34.7 Å². The summed E-state index contributed by atoms with van der Waals surface area (Å²) in [4.78, 5) is 30.4. The Balaban J connectivity index is 0.000000194. The average molecular weight is 726 g/mol. The van der Waals surface area contributed by atoms with E-state index in [1.807, 2.05) is 0 Å². The summed E-state index contributed by atoms with van der Waals surface area (Å²) >= 11 is 1.50. The Labute approximate surface area is 288 Å². The molecule has 0 saturated heterocycles. The second-order valence-electron chi connectivity index (χ2n) is 9.84. The largest absolute Gasteiger partial charge is 0.465 e. The highest BCUT2D eigenvalue weighted by atomic mass is 32.2. The second kappa shape index (κ2) is 15.7. The number of rotatable bonds is 8. The number of aromatic nitrogens is 8. The zero-order valence-corrected chi connectivity index (χ0v) is 27.6. The lowest BCUT2D eigenvalue weighted by molar-refractivity contribution is 0.0599. The third-order valence-corrected chi connectivity index (χ3v) is 8.89. The highest BCUT2D eigenvalue weighted by Gasteiger charge is 2.22. The molecule has 2 aromatic carbocycles. The van der Waals surface area contributed by atoms with E-state index in [1.165, 1.54) is 5.48 Å². The van der Waals surface area contributed by atoms with E-state index in [2.05, 4.69) is 35.1 Å². The zero-order valence-electron chi connectivity index (χ0n) is 26.0. The molecule has 256 valence electrons. The van der Waals surface area contributed by atoms with Crippen molar-refractivity contribution in [3.05, 3.63) is 107 Å². The Morgan fingerprint density at radius 1 is 0.700 bits per heavy atom. The van der Waals surface area contributed by atoms with Gasteiger partial charge in [-0.25, -0.2) is 27.8 Å². The average Bonchev–Trinajstić information content (AvgIpc) is 3.68. The first kappa shape index (κ1) is 35.6. The maximum Gasteiger partial charge on any atom is 0.338 e. The van der Waals surface area contributed by atoms with Gasteiger partial charge in [-0.15, -0.1) is 20.4 Å². The summed E-state index contributed by atoms with van der Waals surface area (Å²) < 4.78 is 64.4. The molecule has 2 N–H and O–H groups in total. The van der Waals surface area contributed by atoms with Crippen LogP contribution < -0.4 is 5.48 Å². The molecule has 4 aromatic heterocycles. The van der Waals surface area contributed by atoms with E-state index in [0.29, 0.717) is 23.0 Å². The summed E-state index contributed by atoms with van der Waals surface area (Å²) in [6.07, 6.45) is 3.21. The molecule has 0 radical (unpaired) electrons. The summed E-state index contributed by atoms with van der Waals surface area (Å²) in [5.74, 6) is -4.58. The van der Waals surface area contributed by atoms with Crippen LogP contribution in [0.5, 0.6) is 0 Å². The number of benzene rings is 2. The molecule has 0 aliphatic rings. The van der Waals surface area contributed by atoms with Gasteiger partial charge >= 0.3 is 5.97 Å². The summed E-state index contributed by atoms with van der Waals surface area (Å²) in [5, 5.41) is 25.0. The van der Waals surface area contributed by atoms with Gasteiger partial charge in [-0.1, -0.05) is 12.1 Å². The van der Waals surface area contributed by atoms with Crippen LogP contribution >= 0.6 is 23.5 Å². The van der Waals surface area contributed by atoms with E-state index in [0.717, 1.165) is 54.9 Å². The van der Waals surface area contributed by atoms with Gasteiger partial charge in [0.15, 0.2) is 22.0 Å². The molecule has 0 atom stereocenters. The lowest BCUT2D eigenvalue weighted by atomic mass is 10.2. The van der Waals surface area contributed by atoms with E-state index in [1.54, 1.807) is 72.0 Å². The number of carbonyl (C=O) groups is 2. The minimum Gasteiger partial charge on any atom is -0.465 e. The molecule has 0 aliphatic heterocycles. The van der Waals surface area contributed by atoms with Crippen molar-refractivity contribution in [1.82, 2.24) is 45.0 Å². The van der Waals surface area contributed by atoms with E-state index in [9.17, 15) is 27.2 Å². The Morgan fingerprint density at radius 2 is 1.12 bits per heavy atom. The standard InChI is InChI=1S/C16H12F2N4O2S.C15H11F2N5O2S/c1-22-14(12-5-3-4-6-19-12)20-21-16(22)25-13-10(17)7-9(8-11(13)18)15(23)24-2;1-22-13(11-4-2-3-5-18-11)19-20-15(22)25-12-9(16)6-8(7-10(12)17)14(23)21-24/h3-8H,1-2H3;2-7,24H,1H3,(H,21,23). The molecule has 4 heterocycles. The van der Waals surface area contributed by atoms with Gasteiger partial charge in [0.05, 0.1) is 22.5 Å². The molecule has 1 amide bonds. The fourth-order valence-electron chi connectivity index (χ4n) is 4.17. The van der Waals surface area contributed by atoms with Crippen LogP contribution in [-0.4, -0.2) is 63.7 Å². The van der Waals surface area contributed by atoms with E-state index in [-0.39, 0.29) is 31.2 Å². The summed E-state index contributed by atoms with van der Waals surface area (Å²) in [6.45, 7) is 0. The topological polar surface area (TPSA) is 163 Å². The molecule has 0 unspecified atom stereocenters. The minimum atomic E-state index is -1.01. The van der Waals surface area contributed by atoms with Crippen molar-refractivity contribution in [3.63, 3.8) is 0 Å². The van der Waals surface area contributed by atoms with E-state index >= 15 is 0 Å². The number of hydroxylamine groups is 1. The van der Waals surface area contributed by atoms with Gasteiger partial charge in [0.2, 0.25) is 0 Å². The molecule has 0 spiro atoms. The number of ether oxygens (including phenoxy) is 1. The Hall–Kier alpha value is -5.66. The Kier molecular flexibility index (Phi) is 11.2. The fourth-order valence-corrected chi connectivity index (χ4v) is 5.77. The van der Waals surface area contributed by atoms with Gasteiger partial charge in [-0.3, -0.25) is 20.0 Å². The summed E-state index contributed by atoms with van der Waals surface area (Å²) in [7, 11) is 4.46. The number of hydrogen-bond donors (Lipinski definition) is 2. The molecule has 0 aliphatic carbocycles. The first-order valence-electron chi connectivity index (χ1n) is 14.0. The quantitative estimate of drug-likeness (QED) is 0.0876. The Bertz CT molecular complexity index is 1970. The first-order valence-corrected chi connectivity index (χ1v) is 15.6. The number of esters is 1. The smallest absolute Gasteiger partial charge is 0.338 e. The number of nitrogens with zero attached hydrogens (tertiary/aromatic N) is 8. The van der Waals surface area contributed by atoms with Crippen molar-refractivity contribution in [3.8, 4) is 23.0 Å². The third-order valence-electron chi connectivity index (χ3n) is 6.63. The summed E-state index contributed by atoms with van der Waals surface area (Å²) in [6, 6.07) is 14.1. The molecule has 6 aromatic rings. The molecule has 0 bridgehead atoms. The van der Waals surface area contributed by atoms with Crippen LogP contribution in [0.4, 0.5) is 17.6 Å². The number of nitrogens with one attached hydrogen (secondary N) is 1. The van der Waals surface area contributed by atoms with Crippen molar-refractivity contribution in [2.24, 2.45) is 14.1 Å². The predicted molar refractivity (Wildman–Crippen MR) is 170 cm³/mol. The van der Waals surface area contributed by atoms with Crippen molar-refractivity contribution < 1.29 is 37.1 Å². The molecular weight excluding hydrogens is 703 g/mol. The SMILES string of the molecule is COC(=O)c1cc(F)c(Sc2nnc(-c3ccccn3)n2C)c(F)c1.Cn1c(Sc2c(F)cc(C(=O)NO)cc2F)nnc1-c1ccccn1. The van der Waals surface area contributed by atoms with Crippen LogP contribution in [0.25, 0.3) is 23.0 Å². The molecule has 50 heavy (non-hydrogen) atoms. The van der Waals surface area contributed by atoms with E-state index in [4.69, 9.17) is 5.21 Å². The monoisotopic (exact) mass is 725 g/mol. The number of pyridine rings is 2. The van der Waals surface area contributed by atoms with Crippen LogP contribution in [0.1, 0.15) is 20.7 Å². The minimum absolute atomic E-state index is 0.200. The van der Waals surface area contributed by atoms with Gasteiger partial charge in [-0.05, 0) is 72.1 Å². The first-order chi connectivity index (χ1) is 24.0. The highest BCUT2D eigenvalue weighted by Crippen LogP contribution is 2.34. The van der Waals surface area contributed by atoms with Crippen LogP contribution in [0.2, 0.25) is 0 Å². The third kappa shape index (κ3) is 7.80. The molecule has 0 fully saturated rings. The van der Waals surface area contributed by atoms with Gasteiger partial charge in [-0.2, -0.15) is 0 Å². The lowest BCUT2D eigenvalue weighted by Gasteiger charge is -2.07. The molecule has 19 heteroatoms. The number of carbonyl (C=O) groups excluding carboxylic acids is 2. The predicted octanol–water partition coefficient (Wildman–Crippen LogP) is 5.52. The van der Waals surface area contributed by atoms with Gasteiger partial charge < -0.3 is 13.9 Å². The maximum absolute atomic E-state index is 14.2. The molecular formula is C31H23F4N9O4S2. The number of methoxy groups -OCH3 is 1. The highest BCUT2D eigenvalue weighted by molar-refractivity contribution is 7.99. The van der Waals surface area contributed by atoms with Crippen molar-refractivity contribution in [2.75, 3.05) is 7.11 Å². The second-order valence-corrected chi connectivity index (χ2v) is 11.8. The van der Waals surface area contributed by atoms with Crippen LogP contribution in [-0.2, 0) is 18.8 Å². The molecule has 0 saturated carbocycles. The lowest BCUT2D eigenvalue weighted by Crippen LogP contribution is -2.19. The maximum atomic E-state index is 14.2. The normalized spacial score (nSPS) is 10.7. The number of hydrogen-bond acceptors (Lipinski definition) is 12. The number of amides is 1. The van der Waals surface area contributed by atoms with Crippen molar-refractivity contribution in [2.45, 2.75) is 20.1 Å². The molecule has 13 nitrogen and oxygen atoms in total. The van der Waals surface area contributed by atoms with Crippen molar-refractivity contribution >= 4 is 35.4 Å². The van der Waals surface area contributed by atoms with E-state index < -0.39 is 35.1 Å². The zero-order chi connectivity index (χ0) is 35.9. The van der Waals surface area contributed by atoms with Crippen LogP contribution in [0.3, 0.4) is 0 Å². The molecule has 6 rings (SSSR count). The van der Waals surface area contributed by atoms with Crippen molar-refractivity contribution in [1.29, 1.82) is 0 Å². The number of halogens is 4.